The van der Waals surface area contributed by atoms with Crippen LogP contribution >= 0.6 is 11.8 Å². The number of aryl methyl sites for hydroxylation is 1. The average Bonchev–Trinajstić information content (AvgIpc) is 3.13. The molecule has 26 heavy (non-hydrogen) atoms. The maximum Gasteiger partial charge on any atom is 0.239 e. The van der Waals surface area contributed by atoms with E-state index >= 15 is 0 Å². The molecule has 0 aliphatic carbocycles. The first-order chi connectivity index (χ1) is 12.1. The summed E-state index contributed by atoms with van der Waals surface area (Å²) in [6.45, 7) is 13.2. The second-order valence-corrected chi connectivity index (χ2v) is 9.14. The molecular formula is C17H28N6O2S. The second kappa shape index (κ2) is 8.20. The van der Waals surface area contributed by atoms with Crippen molar-refractivity contribution in [2.45, 2.75) is 76.8 Å². The molecule has 0 aliphatic heterocycles. The Kier molecular flexibility index (Phi) is 6.44. The lowest BCUT2D eigenvalue weighted by Gasteiger charge is -2.13. The number of hydrogen-bond donors (Lipinski definition) is 1. The molecule has 2 aromatic heterocycles. The molecule has 9 heteroatoms. The Morgan fingerprint density at radius 2 is 1.96 bits per heavy atom. The van der Waals surface area contributed by atoms with Gasteiger partial charge in [-0.1, -0.05) is 51.5 Å². The molecule has 0 radical (unpaired) electrons. The van der Waals surface area contributed by atoms with Gasteiger partial charge in [-0.2, -0.15) is 4.98 Å². The summed E-state index contributed by atoms with van der Waals surface area (Å²) >= 11 is 1.52. The number of nitrogens with two attached hydrogens (primary N) is 1. The third-order valence-electron chi connectivity index (χ3n) is 3.68. The Labute approximate surface area is 158 Å². The van der Waals surface area contributed by atoms with Gasteiger partial charge in [0.25, 0.3) is 0 Å². The molecule has 8 nitrogen and oxygen atoms in total. The minimum atomic E-state index is -0.341. The molecule has 0 saturated carbocycles. The summed E-state index contributed by atoms with van der Waals surface area (Å²) in [5.74, 6) is 2.10. The highest BCUT2D eigenvalue weighted by molar-refractivity contribution is 7.99. The molecule has 2 N–H and O–H groups in total. The smallest absolute Gasteiger partial charge is 0.239 e. The minimum Gasteiger partial charge on any atom is -0.370 e. The zero-order valence-corrected chi connectivity index (χ0v) is 17.1. The predicted octanol–water partition coefficient (Wildman–Crippen LogP) is 2.89. The summed E-state index contributed by atoms with van der Waals surface area (Å²) in [7, 11) is 0. The average molecular weight is 381 g/mol. The van der Waals surface area contributed by atoms with Gasteiger partial charge in [0.2, 0.25) is 11.8 Å². The third-order valence-corrected chi connectivity index (χ3v) is 4.75. The second-order valence-electron chi connectivity index (χ2n) is 7.84. The van der Waals surface area contributed by atoms with E-state index in [0.717, 1.165) is 17.5 Å². The van der Waals surface area contributed by atoms with E-state index in [1.807, 2.05) is 27.7 Å². The van der Waals surface area contributed by atoms with Gasteiger partial charge >= 0.3 is 0 Å². The van der Waals surface area contributed by atoms with Gasteiger partial charge in [0, 0.05) is 24.8 Å². The molecule has 1 unspecified atom stereocenters. The Morgan fingerprint density at radius 1 is 1.27 bits per heavy atom. The number of amides is 1. The van der Waals surface area contributed by atoms with E-state index < -0.39 is 0 Å². The summed E-state index contributed by atoms with van der Waals surface area (Å²) < 4.78 is 7.48. The number of carbonyl (C=O) groups excluding carboxylic acids is 1. The Hall–Kier alpha value is -1.90. The fourth-order valence-corrected chi connectivity index (χ4v) is 3.20. The highest BCUT2D eigenvalue weighted by Gasteiger charge is 2.25. The number of nitrogens with zero attached hydrogens (tertiary/aromatic N) is 5. The van der Waals surface area contributed by atoms with Crippen molar-refractivity contribution in [2.75, 3.05) is 0 Å². The first-order valence-electron chi connectivity index (χ1n) is 8.79. The topological polar surface area (TPSA) is 113 Å². The number of rotatable bonds is 8. The highest BCUT2D eigenvalue weighted by Crippen LogP contribution is 2.34. The molecule has 0 spiro atoms. The summed E-state index contributed by atoms with van der Waals surface area (Å²) in [5, 5.41) is 13.4. The lowest BCUT2D eigenvalue weighted by atomic mass is 9.96. The van der Waals surface area contributed by atoms with Gasteiger partial charge in [0.05, 0.1) is 5.25 Å². The van der Waals surface area contributed by atoms with Gasteiger partial charge in [-0.15, -0.1) is 10.2 Å². The van der Waals surface area contributed by atoms with Crippen LogP contribution in [0.25, 0.3) is 0 Å². The minimum absolute atomic E-state index is 0.0577. The third kappa shape index (κ3) is 5.30. The molecule has 0 bridgehead atoms. The first-order valence-corrected chi connectivity index (χ1v) is 9.67. The van der Waals surface area contributed by atoms with Crippen LogP contribution in [0.1, 0.15) is 70.8 Å². The quantitative estimate of drug-likeness (QED) is 0.700. The van der Waals surface area contributed by atoms with Crippen molar-refractivity contribution in [1.82, 2.24) is 24.9 Å². The molecule has 2 heterocycles. The van der Waals surface area contributed by atoms with E-state index in [0.29, 0.717) is 24.1 Å². The number of primary amides is 1. The molecule has 0 aromatic carbocycles. The number of hydrogen-bond acceptors (Lipinski definition) is 7. The molecule has 1 amide bonds. The first kappa shape index (κ1) is 20.4. The van der Waals surface area contributed by atoms with Gasteiger partial charge in [0.1, 0.15) is 5.82 Å². The molecule has 0 saturated heterocycles. The van der Waals surface area contributed by atoms with E-state index in [4.69, 9.17) is 10.3 Å². The van der Waals surface area contributed by atoms with Crippen LogP contribution in [0.5, 0.6) is 0 Å². The maximum atomic E-state index is 11.1. The fourth-order valence-electron chi connectivity index (χ4n) is 2.29. The van der Waals surface area contributed by atoms with E-state index in [9.17, 15) is 4.79 Å². The summed E-state index contributed by atoms with van der Waals surface area (Å²) in [6.07, 6.45) is 0.744. The lowest BCUT2D eigenvalue weighted by molar-refractivity contribution is -0.118. The lowest BCUT2D eigenvalue weighted by Crippen LogP contribution is -2.15. The van der Waals surface area contributed by atoms with Gasteiger partial charge in [-0.3, -0.25) is 4.79 Å². The predicted molar refractivity (Wildman–Crippen MR) is 99.6 cm³/mol. The monoisotopic (exact) mass is 380 g/mol. The van der Waals surface area contributed by atoms with Gasteiger partial charge < -0.3 is 14.8 Å². The Bertz CT molecular complexity index is 747. The van der Waals surface area contributed by atoms with Crippen LogP contribution in [0.4, 0.5) is 0 Å². The van der Waals surface area contributed by atoms with E-state index in [-0.39, 0.29) is 23.0 Å². The van der Waals surface area contributed by atoms with Gasteiger partial charge in [-0.25, -0.2) is 0 Å². The Balaban J connectivity index is 2.19. The molecule has 1 atom stereocenters. The molecular weight excluding hydrogens is 352 g/mol. The van der Waals surface area contributed by atoms with Crippen molar-refractivity contribution in [2.24, 2.45) is 11.7 Å². The number of carbonyl (C=O) groups is 1. The van der Waals surface area contributed by atoms with Crippen LogP contribution < -0.4 is 5.73 Å². The van der Waals surface area contributed by atoms with Crippen molar-refractivity contribution < 1.29 is 9.32 Å². The van der Waals surface area contributed by atoms with Gasteiger partial charge in [-0.05, 0) is 12.8 Å². The molecule has 0 aliphatic rings. The van der Waals surface area contributed by atoms with E-state index in [1.54, 1.807) is 0 Å². The largest absolute Gasteiger partial charge is 0.370 e. The normalized spacial score (nSPS) is 13.3. The molecule has 2 rings (SSSR count). The molecule has 144 valence electrons. The summed E-state index contributed by atoms with van der Waals surface area (Å²) in [6, 6.07) is 0. The SMILES string of the molecule is CC(C)Cn1c(CCC(N)=O)nnc1SC(C)c1nc(C(C)(C)C)no1. The fraction of sp³-hybridized carbons (Fsp3) is 0.706. The number of thioether (sulfide) groups is 1. The number of aromatic nitrogens is 5. The van der Waals surface area contributed by atoms with Crippen molar-refractivity contribution >= 4 is 17.7 Å². The van der Waals surface area contributed by atoms with Crippen molar-refractivity contribution in [3.05, 3.63) is 17.5 Å². The molecule has 0 fully saturated rings. The highest BCUT2D eigenvalue weighted by atomic mass is 32.2. The van der Waals surface area contributed by atoms with Crippen LogP contribution in [0, 0.1) is 5.92 Å². The summed E-state index contributed by atoms with van der Waals surface area (Å²) in [4.78, 5) is 15.6. The van der Waals surface area contributed by atoms with Crippen LogP contribution in [-0.2, 0) is 23.2 Å². The van der Waals surface area contributed by atoms with Crippen LogP contribution in [-0.4, -0.2) is 30.8 Å². The van der Waals surface area contributed by atoms with E-state index in [1.165, 1.54) is 11.8 Å². The van der Waals surface area contributed by atoms with Crippen molar-refractivity contribution in [1.29, 1.82) is 0 Å². The zero-order valence-electron chi connectivity index (χ0n) is 16.3. The Morgan fingerprint density at radius 3 is 2.50 bits per heavy atom. The maximum absolute atomic E-state index is 11.1. The molecule has 2 aromatic rings. The van der Waals surface area contributed by atoms with E-state index in [2.05, 4.69) is 38.8 Å². The standard InChI is InChI=1S/C17H28N6O2S/c1-10(2)9-23-13(8-7-12(18)24)20-21-16(23)26-11(3)14-19-15(22-25-14)17(4,5)6/h10-11H,7-9H2,1-6H3,(H2,18,24). The van der Waals surface area contributed by atoms with Crippen LogP contribution in [0.15, 0.2) is 9.68 Å². The zero-order chi connectivity index (χ0) is 19.5. The van der Waals surface area contributed by atoms with Crippen LogP contribution in [0.3, 0.4) is 0 Å². The van der Waals surface area contributed by atoms with Crippen molar-refractivity contribution in [3.63, 3.8) is 0 Å². The van der Waals surface area contributed by atoms with Crippen molar-refractivity contribution in [3.8, 4) is 0 Å². The summed E-state index contributed by atoms with van der Waals surface area (Å²) in [5.41, 5.74) is 5.10. The van der Waals surface area contributed by atoms with Crippen LogP contribution in [0.2, 0.25) is 0 Å². The van der Waals surface area contributed by atoms with Gasteiger partial charge in [0.15, 0.2) is 11.0 Å².